The third-order valence-corrected chi connectivity index (χ3v) is 2.91. The second-order valence-electron chi connectivity index (χ2n) is 3.61. The molecule has 0 radical (unpaired) electrons. The Kier molecular flexibility index (Phi) is 2.20. The Balaban J connectivity index is 2.40. The van der Waals surface area contributed by atoms with Crippen LogP contribution in [0.5, 0.6) is 0 Å². The maximum Gasteiger partial charge on any atom is 0.185 e. The molecule has 2 N–H and O–H groups in total. The zero-order valence-corrected chi connectivity index (χ0v) is 8.97. The molecule has 2 nitrogen and oxygen atoms in total. The Labute approximate surface area is 89.4 Å². The van der Waals surface area contributed by atoms with Crippen LogP contribution in [0.3, 0.4) is 0 Å². The van der Waals surface area contributed by atoms with E-state index in [-0.39, 0.29) is 11.3 Å². The summed E-state index contributed by atoms with van der Waals surface area (Å²) in [5, 5.41) is 0. The Morgan fingerprint density at radius 2 is 2.14 bits per heavy atom. The summed E-state index contributed by atoms with van der Waals surface area (Å²) in [5.74, 6) is -0.800. The third kappa shape index (κ3) is 1.60. The van der Waals surface area contributed by atoms with Crippen molar-refractivity contribution in [2.45, 2.75) is 18.4 Å². The molecule has 1 aliphatic rings. The van der Waals surface area contributed by atoms with Crippen LogP contribution in [0.2, 0.25) is 0 Å². The van der Waals surface area contributed by atoms with Gasteiger partial charge >= 0.3 is 0 Å². The van der Waals surface area contributed by atoms with Gasteiger partial charge in [0.1, 0.15) is 5.82 Å². The predicted octanol–water partition coefficient (Wildman–Crippen LogP) is 2.26. The Bertz CT molecular complexity index is 401. The van der Waals surface area contributed by atoms with Gasteiger partial charge in [0.05, 0.1) is 11.1 Å². The number of rotatable bonds is 2. The smallest absolute Gasteiger partial charge is 0.185 e. The highest BCUT2D eigenvalue weighted by Crippen LogP contribution is 2.36. The molecule has 0 aromatic heterocycles. The third-order valence-electron chi connectivity index (χ3n) is 2.41. The summed E-state index contributed by atoms with van der Waals surface area (Å²) in [4.78, 5) is 11.7. The number of halogens is 2. The van der Waals surface area contributed by atoms with Gasteiger partial charge in [0, 0.05) is 4.47 Å². The van der Waals surface area contributed by atoms with Crippen LogP contribution in [0.25, 0.3) is 0 Å². The number of hydrogen-bond donors (Lipinski definition) is 1. The minimum Gasteiger partial charge on any atom is -0.319 e. The average Bonchev–Trinajstić information content (AvgIpc) is 2.88. The maximum atomic E-state index is 13.3. The molecule has 1 saturated carbocycles. The zero-order chi connectivity index (χ0) is 10.3. The van der Waals surface area contributed by atoms with E-state index in [1.165, 1.54) is 12.1 Å². The molecule has 1 fully saturated rings. The summed E-state index contributed by atoms with van der Waals surface area (Å²) in [6.45, 7) is 0. The van der Waals surface area contributed by atoms with E-state index in [9.17, 15) is 9.18 Å². The van der Waals surface area contributed by atoms with Gasteiger partial charge in [0.2, 0.25) is 0 Å². The summed E-state index contributed by atoms with van der Waals surface area (Å²) in [7, 11) is 0. The SMILES string of the molecule is NC1(C(=O)c2cc(Br)ccc2F)CC1. The number of benzene rings is 1. The van der Waals surface area contributed by atoms with E-state index in [1.54, 1.807) is 6.07 Å². The van der Waals surface area contributed by atoms with Gasteiger partial charge in [-0.15, -0.1) is 0 Å². The van der Waals surface area contributed by atoms with Crippen molar-refractivity contribution >= 4 is 21.7 Å². The molecular weight excluding hydrogens is 249 g/mol. The predicted molar refractivity (Wildman–Crippen MR) is 54.6 cm³/mol. The van der Waals surface area contributed by atoms with Crippen molar-refractivity contribution in [2.75, 3.05) is 0 Å². The van der Waals surface area contributed by atoms with Crippen molar-refractivity contribution in [3.63, 3.8) is 0 Å². The number of nitrogens with two attached hydrogens (primary N) is 1. The number of Topliss-reactive ketones (excluding diaryl/α,β-unsaturated/α-hetero) is 1. The first-order valence-electron chi connectivity index (χ1n) is 4.32. The lowest BCUT2D eigenvalue weighted by molar-refractivity contribution is 0.0945. The number of carbonyl (C=O) groups is 1. The lowest BCUT2D eigenvalue weighted by atomic mass is 10.0. The summed E-state index contributed by atoms with van der Waals surface area (Å²) in [5.41, 5.74) is 4.99. The topological polar surface area (TPSA) is 43.1 Å². The Morgan fingerprint density at radius 1 is 1.50 bits per heavy atom. The molecule has 4 heteroatoms. The molecule has 74 valence electrons. The second-order valence-corrected chi connectivity index (χ2v) is 4.53. The van der Waals surface area contributed by atoms with Crippen molar-refractivity contribution in [3.8, 4) is 0 Å². The van der Waals surface area contributed by atoms with E-state index < -0.39 is 11.4 Å². The molecule has 0 amide bonds. The van der Waals surface area contributed by atoms with Crippen molar-refractivity contribution < 1.29 is 9.18 Å². The van der Waals surface area contributed by atoms with Gasteiger partial charge < -0.3 is 5.73 Å². The molecule has 0 heterocycles. The first-order chi connectivity index (χ1) is 6.53. The van der Waals surface area contributed by atoms with Crippen LogP contribution >= 0.6 is 15.9 Å². The summed E-state index contributed by atoms with van der Waals surface area (Å²) >= 11 is 3.19. The minimum absolute atomic E-state index is 0.0828. The van der Waals surface area contributed by atoms with Gasteiger partial charge in [0.25, 0.3) is 0 Å². The van der Waals surface area contributed by atoms with Gasteiger partial charge in [0.15, 0.2) is 5.78 Å². The first-order valence-corrected chi connectivity index (χ1v) is 5.11. The molecule has 1 aliphatic carbocycles. The van der Waals surface area contributed by atoms with Gasteiger partial charge in [-0.05, 0) is 31.0 Å². The van der Waals surface area contributed by atoms with Crippen molar-refractivity contribution in [3.05, 3.63) is 34.1 Å². The van der Waals surface area contributed by atoms with E-state index in [0.29, 0.717) is 17.3 Å². The van der Waals surface area contributed by atoms with E-state index >= 15 is 0 Å². The standard InChI is InChI=1S/C10H9BrFNO/c11-6-1-2-8(12)7(5-6)9(14)10(13)3-4-10/h1-2,5H,3-4,13H2. The number of carbonyl (C=O) groups excluding carboxylic acids is 1. The molecule has 0 spiro atoms. The second kappa shape index (κ2) is 3.14. The molecule has 0 aliphatic heterocycles. The maximum absolute atomic E-state index is 13.3. The van der Waals surface area contributed by atoms with Gasteiger partial charge in [-0.25, -0.2) is 4.39 Å². The fourth-order valence-corrected chi connectivity index (χ4v) is 1.66. The first kappa shape index (κ1) is 9.80. The minimum atomic E-state index is -0.804. The quantitative estimate of drug-likeness (QED) is 0.827. The van der Waals surface area contributed by atoms with Crippen LogP contribution in [-0.4, -0.2) is 11.3 Å². The molecule has 1 aromatic carbocycles. The van der Waals surface area contributed by atoms with Crippen molar-refractivity contribution in [1.29, 1.82) is 0 Å². The van der Waals surface area contributed by atoms with Crippen LogP contribution in [0.4, 0.5) is 4.39 Å². The van der Waals surface area contributed by atoms with Crippen LogP contribution in [0.1, 0.15) is 23.2 Å². The molecular formula is C10H9BrFNO. The van der Waals surface area contributed by atoms with Crippen molar-refractivity contribution in [1.82, 2.24) is 0 Å². The van der Waals surface area contributed by atoms with Crippen LogP contribution in [0, 0.1) is 5.82 Å². The Hall–Kier alpha value is -0.740. The molecule has 0 atom stereocenters. The molecule has 0 unspecified atom stereocenters. The molecule has 0 bridgehead atoms. The molecule has 0 saturated heterocycles. The summed E-state index contributed by atoms with van der Waals surface area (Å²) in [6.07, 6.45) is 1.30. The highest BCUT2D eigenvalue weighted by atomic mass is 79.9. The largest absolute Gasteiger partial charge is 0.319 e. The molecule has 14 heavy (non-hydrogen) atoms. The van der Waals surface area contributed by atoms with Gasteiger partial charge in [-0.2, -0.15) is 0 Å². The Morgan fingerprint density at radius 3 is 2.71 bits per heavy atom. The lowest BCUT2D eigenvalue weighted by Gasteiger charge is -2.08. The molecule has 1 aromatic rings. The number of hydrogen-bond acceptors (Lipinski definition) is 2. The van der Waals surface area contributed by atoms with Crippen LogP contribution in [0.15, 0.2) is 22.7 Å². The monoisotopic (exact) mass is 257 g/mol. The van der Waals surface area contributed by atoms with Gasteiger partial charge in [-0.3, -0.25) is 4.79 Å². The highest BCUT2D eigenvalue weighted by Gasteiger charge is 2.46. The fourth-order valence-electron chi connectivity index (χ4n) is 1.30. The average molecular weight is 258 g/mol. The van der Waals surface area contributed by atoms with E-state index in [1.807, 2.05) is 0 Å². The molecule has 2 rings (SSSR count). The van der Waals surface area contributed by atoms with Crippen LogP contribution in [-0.2, 0) is 0 Å². The summed E-state index contributed by atoms with van der Waals surface area (Å²) in [6, 6.07) is 4.30. The van der Waals surface area contributed by atoms with Crippen LogP contribution < -0.4 is 5.73 Å². The normalized spacial score (nSPS) is 17.9. The fraction of sp³-hybridized carbons (Fsp3) is 0.300. The van der Waals surface area contributed by atoms with E-state index in [2.05, 4.69) is 15.9 Å². The van der Waals surface area contributed by atoms with E-state index in [0.717, 1.165) is 0 Å². The number of ketones is 1. The van der Waals surface area contributed by atoms with E-state index in [4.69, 9.17) is 5.73 Å². The highest BCUT2D eigenvalue weighted by molar-refractivity contribution is 9.10. The van der Waals surface area contributed by atoms with Crippen molar-refractivity contribution in [2.24, 2.45) is 5.73 Å². The lowest BCUT2D eigenvalue weighted by Crippen LogP contribution is -2.33. The summed E-state index contributed by atoms with van der Waals surface area (Å²) < 4.78 is 14.0. The van der Waals surface area contributed by atoms with Gasteiger partial charge in [-0.1, -0.05) is 15.9 Å². The zero-order valence-electron chi connectivity index (χ0n) is 7.39.